The van der Waals surface area contributed by atoms with E-state index in [4.69, 9.17) is 0 Å². The van der Waals surface area contributed by atoms with Gasteiger partial charge in [0.15, 0.2) is 0 Å². The van der Waals surface area contributed by atoms with Crippen LogP contribution in [0.15, 0.2) is 18.5 Å². The average Bonchev–Trinajstić information content (AvgIpc) is 3.09. The van der Waals surface area contributed by atoms with Crippen LogP contribution < -0.4 is 5.32 Å². The molecule has 1 aliphatic carbocycles. The van der Waals surface area contributed by atoms with E-state index in [1.807, 2.05) is 18.5 Å². The van der Waals surface area contributed by atoms with Crippen LogP contribution in [-0.4, -0.2) is 40.0 Å². The molecule has 0 radical (unpaired) electrons. The van der Waals surface area contributed by atoms with E-state index >= 15 is 0 Å². The third kappa shape index (κ3) is 3.01. The van der Waals surface area contributed by atoms with Crippen molar-refractivity contribution in [2.75, 3.05) is 13.1 Å². The maximum absolute atomic E-state index is 4.31. The molecule has 17 heavy (non-hydrogen) atoms. The van der Waals surface area contributed by atoms with Gasteiger partial charge >= 0.3 is 0 Å². The Kier molecular flexibility index (Phi) is 3.34. The standard InChI is InChI=1S/C13H20N4/c1-3-12(9-16-11-4-5-11)17(8-1)10-13-14-6-2-7-15-13/h2,6-7,11-12,16H,1,3-5,8-10H2. The Bertz CT molecular complexity index is 350. The second-order valence-corrected chi connectivity index (χ2v) is 5.11. The highest BCUT2D eigenvalue weighted by Gasteiger charge is 2.27. The van der Waals surface area contributed by atoms with Crippen LogP contribution in [0.2, 0.25) is 0 Å². The Labute approximate surface area is 102 Å². The predicted molar refractivity (Wildman–Crippen MR) is 66.5 cm³/mol. The first-order valence-corrected chi connectivity index (χ1v) is 6.65. The molecule has 2 heterocycles. The van der Waals surface area contributed by atoms with Gasteiger partial charge in [-0.3, -0.25) is 4.90 Å². The van der Waals surface area contributed by atoms with Gasteiger partial charge in [-0.2, -0.15) is 0 Å². The molecule has 0 bridgehead atoms. The molecule has 1 unspecified atom stereocenters. The van der Waals surface area contributed by atoms with Crippen LogP contribution in [0.4, 0.5) is 0 Å². The van der Waals surface area contributed by atoms with E-state index in [1.165, 1.54) is 32.2 Å². The average molecular weight is 232 g/mol. The lowest BCUT2D eigenvalue weighted by atomic mass is 10.2. The molecule has 1 aromatic heterocycles. The van der Waals surface area contributed by atoms with Gasteiger partial charge in [-0.25, -0.2) is 9.97 Å². The molecule has 1 aromatic rings. The first-order valence-electron chi connectivity index (χ1n) is 6.65. The summed E-state index contributed by atoms with van der Waals surface area (Å²) in [5, 5.41) is 3.63. The van der Waals surface area contributed by atoms with Crippen molar-refractivity contribution in [3.8, 4) is 0 Å². The lowest BCUT2D eigenvalue weighted by molar-refractivity contribution is 0.233. The van der Waals surface area contributed by atoms with Crippen molar-refractivity contribution in [1.82, 2.24) is 20.2 Å². The van der Waals surface area contributed by atoms with Crippen LogP contribution in [0.3, 0.4) is 0 Å². The van der Waals surface area contributed by atoms with Crippen molar-refractivity contribution in [3.63, 3.8) is 0 Å². The second kappa shape index (κ2) is 5.10. The van der Waals surface area contributed by atoms with Gasteiger partial charge in [0, 0.05) is 31.0 Å². The summed E-state index contributed by atoms with van der Waals surface area (Å²) in [6.07, 6.45) is 9.02. The van der Waals surface area contributed by atoms with Gasteiger partial charge in [-0.15, -0.1) is 0 Å². The van der Waals surface area contributed by atoms with Crippen molar-refractivity contribution < 1.29 is 0 Å². The van der Waals surface area contributed by atoms with E-state index in [1.54, 1.807) is 0 Å². The molecule has 1 N–H and O–H groups in total. The molecule has 1 aliphatic heterocycles. The minimum atomic E-state index is 0.680. The Morgan fingerprint density at radius 1 is 1.24 bits per heavy atom. The molecule has 2 aliphatic rings. The molecular formula is C13H20N4. The summed E-state index contributed by atoms with van der Waals surface area (Å²) in [4.78, 5) is 11.1. The van der Waals surface area contributed by atoms with Crippen LogP contribution >= 0.6 is 0 Å². The second-order valence-electron chi connectivity index (χ2n) is 5.11. The van der Waals surface area contributed by atoms with Crippen molar-refractivity contribution >= 4 is 0 Å². The van der Waals surface area contributed by atoms with Gasteiger partial charge in [-0.05, 0) is 38.3 Å². The molecule has 1 saturated carbocycles. The summed E-state index contributed by atoms with van der Waals surface area (Å²) in [5.74, 6) is 0.950. The normalized spacial score (nSPS) is 25.3. The van der Waals surface area contributed by atoms with Crippen molar-refractivity contribution in [2.24, 2.45) is 0 Å². The minimum absolute atomic E-state index is 0.680. The van der Waals surface area contributed by atoms with E-state index in [-0.39, 0.29) is 0 Å². The molecule has 0 amide bonds. The fourth-order valence-electron chi connectivity index (χ4n) is 2.52. The van der Waals surface area contributed by atoms with Crippen LogP contribution in [0.25, 0.3) is 0 Å². The number of rotatable bonds is 5. The minimum Gasteiger partial charge on any atom is -0.312 e. The molecule has 4 nitrogen and oxygen atoms in total. The summed E-state index contributed by atoms with van der Waals surface area (Å²) in [6.45, 7) is 3.23. The highest BCUT2D eigenvalue weighted by atomic mass is 15.2. The van der Waals surface area contributed by atoms with Crippen LogP contribution in [0.1, 0.15) is 31.5 Å². The third-order valence-electron chi connectivity index (χ3n) is 3.68. The number of nitrogens with one attached hydrogen (secondary N) is 1. The van der Waals surface area contributed by atoms with Gasteiger partial charge in [0.2, 0.25) is 0 Å². The first-order chi connectivity index (χ1) is 8.42. The maximum Gasteiger partial charge on any atom is 0.142 e. The summed E-state index contributed by atoms with van der Waals surface area (Å²) >= 11 is 0. The highest BCUT2D eigenvalue weighted by Crippen LogP contribution is 2.22. The zero-order valence-electron chi connectivity index (χ0n) is 10.2. The highest BCUT2D eigenvalue weighted by molar-refractivity contribution is 4.92. The monoisotopic (exact) mass is 232 g/mol. The number of hydrogen-bond acceptors (Lipinski definition) is 4. The SMILES string of the molecule is c1cnc(CN2CCCC2CNC2CC2)nc1. The Morgan fingerprint density at radius 3 is 2.82 bits per heavy atom. The number of nitrogens with zero attached hydrogens (tertiary/aromatic N) is 3. The van der Waals surface area contributed by atoms with E-state index in [2.05, 4.69) is 20.2 Å². The van der Waals surface area contributed by atoms with E-state index in [0.717, 1.165) is 25.0 Å². The summed E-state index contributed by atoms with van der Waals surface area (Å²) in [6, 6.07) is 3.37. The maximum atomic E-state index is 4.31. The Morgan fingerprint density at radius 2 is 2.06 bits per heavy atom. The molecule has 92 valence electrons. The van der Waals surface area contributed by atoms with Crippen LogP contribution in [-0.2, 0) is 6.54 Å². The van der Waals surface area contributed by atoms with Crippen molar-refractivity contribution in [2.45, 2.75) is 44.3 Å². The van der Waals surface area contributed by atoms with E-state index < -0.39 is 0 Å². The lowest BCUT2D eigenvalue weighted by Gasteiger charge is -2.23. The molecular weight excluding hydrogens is 212 g/mol. The molecule has 2 fully saturated rings. The summed E-state index contributed by atoms with van der Waals surface area (Å²) in [5.41, 5.74) is 0. The van der Waals surface area contributed by atoms with Gasteiger partial charge in [0.05, 0.1) is 6.54 Å². The Balaban J connectivity index is 1.53. The first kappa shape index (κ1) is 11.1. The molecule has 4 heteroatoms. The Hall–Kier alpha value is -1.00. The molecule has 1 saturated heterocycles. The van der Waals surface area contributed by atoms with Gasteiger partial charge < -0.3 is 5.32 Å². The summed E-state index contributed by atoms with van der Waals surface area (Å²) < 4.78 is 0. The van der Waals surface area contributed by atoms with Crippen molar-refractivity contribution in [1.29, 1.82) is 0 Å². The van der Waals surface area contributed by atoms with E-state index in [0.29, 0.717) is 6.04 Å². The predicted octanol–water partition coefficient (Wildman–Crippen LogP) is 1.19. The zero-order valence-corrected chi connectivity index (χ0v) is 10.2. The molecule has 0 spiro atoms. The van der Waals surface area contributed by atoms with Gasteiger partial charge in [0.25, 0.3) is 0 Å². The smallest absolute Gasteiger partial charge is 0.142 e. The molecule has 1 atom stereocenters. The fraction of sp³-hybridized carbons (Fsp3) is 0.692. The van der Waals surface area contributed by atoms with Crippen molar-refractivity contribution in [3.05, 3.63) is 24.3 Å². The topological polar surface area (TPSA) is 41.1 Å². The van der Waals surface area contributed by atoms with Crippen LogP contribution in [0, 0.1) is 0 Å². The number of likely N-dealkylation sites (tertiary alicyclic amines) is 1. The molecule has 0 aromatic carbocycles. The largest absolute Gasteiger partial charge is 0.312 e. The summed E-state index contributed by atoms with van der Waals surface area (Å²) in [7, 11) is 0. The van der Waals surface area contributed by atoms with Gasteiger partial charge in [-0.1, -0.05) is 0 Å². The third-order valence-corrected chi connectivity index (χ3v) is 3.68. The van der Waals surface area contributed by atoms with Crippen LogP contribution in [0.5, 0.6) is 0 Å². The van der Waals surface area contributed by atoms with Gasteiger partial charge in [0.1, 0.15) is 5.82 Å². The zero-order chi connectivity index (χ0) is 11.5. The molecule has 3 rings (SSSR count). The van der Waals surface area contributed by atoms with E-state index in [9.17, 15) is 0 Å². The fourth-order valence-corrected chi connectivity index (χ4v) is 2.52. The number of aromatic nitrogens is 2. The lowest BCUT2D eigenvalue weighted by Crippen LogP contribution is -2.38. The number of hydrogen-bond donors (Lipinski definition) is 1. The quantitative estimate of drug-likeness (QED) is 0.828.